The van der Waals surface area contributed by atoms with Crippen molar-refractivity contribution in [1.29, 1.82) is 0 Å². The Morgan fingerprint density at radius 2 is 2.10 bits per heavy atom. The summed E-state index contributed by atoms with van der Waals surface area (Å²) in [6.45, 7) is 9.53. The highest BCUT2D eigenvalue weighted by Gasteiger charge is 2.08. The van der Waals surface area contributed by atoms with Gasteiger partial charge in [0.05, 0.1) is 25.5 Å². The second-order valence-corrected chi connectivity index (χ2v) is 5.26. The first-order valence-corrected chi connectivity index (χ1v) is 7.81. The molecule has 1 aromatic carbocycles. The fourth-order valence-corrected chi connectivity index (χ4v) is 2.46. The molecular weight excluding hydrogens is 266 g/mol. The molecule has 5 nitrogen and oxygen atoms in total. The Kier molecular flexibility index (Phi) is 6.79. The monoisotopic (exact) mass is 293 g/mol. The van der Waals surface area contributed by atoms with Crippen LogP contribution >= 0.6 is 0 Å². The highest BCUT2D eigenvalue weighted by molar-refractivity contribution is 5.54. The van der Waals surface area contributed by atoms with Crippen LogP contribution in [0.1, 0.15) is 12.5 Å². The van der Waals surface area contributed by atoms with Gasteiger partial charge in [0.2, 0.25) is 0 Å². The summed E-state index contributed by atoms with van der Waals surface area (Å²) in [4.78, 5) is 2.44. The third-order valence-corrected chi connectivity index (χ3v) is 3.67. The topological polar surface area (TPSA) is 59.8 Å². The summed E-state index contributed by atoms with van der Waals surface area (Å²) < 4.78 is 10.8. The van der Waals surface area contributed by atoms with Crippen LogP contribution in [0.3, 0.4) is 0 Å². The zero-order chi connectivity index (χ0) is 14.9. The Balaban J connectivity index is 1.63. The molecule has 0 bridgehead atoms. The zero-order valence-corrected chi connectivity index (χ0v) is 12.9. The SMILES string of the molecule is CCOc1ccc(CCNCCN2CCOCC2)cc1N. The molecule has 0 amide bonds. The maximum atomic E-state index is 5.97. The minimum Gasteiger partial charge on any atom is -0.492 e. The lowest BCUT2D eigenvalue weighted by molar-refractivity contribution is 0.0385. The predicted molar refractivity (Wildman–Crippen MR) is 85.9 cm³/mol. The summed E-state index contributed by atoms with van der Waals surface area (Å²) in [6, 6.07) is 6.06. The van der Waals surface area contributed by atoms with Gasteiger partial charge >= 0.3 is 0 Å². The fraction of sp³-hybridized carbons (Fsp3) is 0.625. The van der Waals surface area contributed by atoms with E-state index < -0.39 is 0 Å². The van der Waals surface area contributed by atoms with E-state index in [2.05, 4.69) is 16.3 Å². The van der Waals surface area contributed by atoms with Gasteiger partial charge in [-0.2, -0.15) is 0 Å². The molecule has 0 aliphatic carbocycles. The van der Waals surface area contributed by atoms with E-state index in [1.165, 1.54) is 5.56 Å². The van der Waals surface area contributed by atoms with Gasteiger partial charge in [0.25, 0.3) is 0 Å². The predicted octanol–water partition coefficient (Wildman–Crippen LogP) is 1.13. The molecule has 1 aromatic rings. The quantitative estimate of drug-likeness (QED) is 0.556. The molecule has 118 valence electrons. The summed E-state index contributed by atoms with van der Waals surface area (Å²) in [5, 5.41) is 3.49. The lowest BCUT2D eigenvalue weighted by Gasteiger charge is -2.26. The molecule has 3 N–H and O–H groups in total. The number of nitrogens with one attached hydrogen (secondary N) is 1. The standard InChI is InChI=1S/C16H27N3O2/c1-2-21-16-4-3-14(13-15(16)17)5-6-18-7-8-19-9-11-20-12-10-19/h3-4,13,18H,2,5-12,17H2,1H3. The summed E-state index contributed by atoms with van der Waals surface area (Å²) in [5.41, 5.74) is 7.94. The minimum atomic E-state index is 0.645. The van der Waals surface area contributed by atoms with Gasteiger partial charge in [-0.1, -0.05) is 6.07 Å². The minimum absolute atomic E-state index is 0.645. The molecule has 0 atom stereocenters. The van der Waals surface area contributed by atoms with E-state index in [4.69, 9.17) is 15.2 Å². The van der Waals surface area contributed by atoms with Crippen molar-refractivity contribution in [3.8, 4) is 5.75 Å². The summed E-state index contributed by atoms with van der Waals surface area (Å²) in [5.74, 6) is 0.779. The van der Waals surface area contributed by atoms with Crippen molar-refractivity contribution in [1.82, 2.24) is 10.2 Å². The Morgan fingerprint density at radius 1 is 1.29 bits per heavy atom. The van der Waals surface area contributed by atoms with Crippen molar-refractivity contribution in [2.75, 3.05) is 58.3 Å². The number of nitrogens with two attached hydrogens (primary N) is 1. The maximum absolute atomic E-state index is 5.97. The number of nitrogen functional groups attached to an aromatic ring is 1. The molecule has 1 aliphatic heterocycles. The van der Waals surface area contributed by atoms with Gasteiger partial charge in [0, 0.05) is 26.2 Å². The molecule has 21 heavy (non-hydrogen) atoms. The van der Waals surface area contributed by atoms with Crippen LogP contribution in [-0.4, -0.2) is 57.4 Å². The van der Waals surface area contributed by atoms with E-state index in [0.29, 0.717) is 6.61 Å². The van der Waals surface area contributed by atoms with Crippen molar-refractivity contribution in [3.05, 3.63) is 23.8 Å². The Bertz CT molecular complexity index is 420. The molecule has 0 saturated carbocycles. The zero-order valence-electron chi connectivity index (χ0n) is 12.9. The van der Waals surface area contributed by atoms with Crippen molar-refractivity contribution < 1.29 is 9.47 Å². The fourth-order valence-electron chi connectivity index (χ4n) is 2.46. The first-order chi connectivity index (χ1) is 10.3. The van der Waals surface area contributed by atoms with Crippen molar-refractivity contribution in [2.45, 2.75) is 13.3 Å². The largest absolute Gasteiger partial charge is 0.492 e. The van der Waals surface area contributed by atoms with Gasteiger partial charge in [0.15, 0.2) is 0 Å². The van der Waals surface area contributed by atoms with Crippen LogP contribution in [0.4, 0.5) is 5.69 Å². The molecule has 1 saturated heterocycles. The average Bonchev–Trinajstić information content (AvgIpc) is 2.51. The molecular formula is C16H27N3O2. The van der Waals surface area contributed by atoms with Gasteiger partial charge in [-0.25, -0.2) is 0 Å². The number of ether oxygens (including phenoxy) is 2. The van der Waals surface area contributed by atoms with E-state index in [1.54, 1.807) is 0 Å². The Morgan fingerprint density at radius 3 is 2.81 bits per heavy atom. The maximum Gasteiger partial charge on any atom is 0.142 e. The van der Waals surface area contributed by atoms with Crippen LogP contribution in [-0.2, 0) is 11.2 Å². The van der Waals surface area contributed by atoms with E-state index >= 15 is 0 Å². The number of morpholine rings is 1. The van der Waals surface area contributed by atoms with Gasteiger partial charge in [-0.15, -0.1) is 0 Å². The number of hydrogen-bond acceptors (Lipinski definition) is 5. The number of hydrogen-bond donors (Lipinski definition) is 2. The van der Waals surface area contributed by atoms with E-state index in [0.717, 1.165) is 63.8 Å². The summed E-state index contributed by atoms with van der Waals surface area (Å²) in [7, 11) is 0. The lowest BCUT2D eigenvalue weighted by Crippen LogP contribution is -2.40. The van der Waals surface area contributed by atoms with Gasteiger partial charge in [0.1, 0.15) is 5.75 Å². The van der Waals surface area contributed by atoms with Crippen LogP contribution in [0.25, 0.3) is 0 Å². The molecule has 1 fully saturated rings. The van der Waals surface area contributed by atoms with Crippen molar-refractivity contribution in [3.63, 3.8) is 0 Å². The van der Waals surface area contributed by atoms with E-state index in [-0.39, 0.29) is 0 Å². The Hall–Kier alpha value is -1.30. The highest BCUT2D eigenvalue weighted by atomic mass is 16.5. The van der Waals surface area contributed by atoms with Crippen LogP contribution in [0, 0.1) is 0 Å². The Labute approximate surface area is 127 Å². The lowest BCUT2D eigenvalue weighted by atomic mass is 10.1. The van der Waals surface area contributed by atoms with Gasteiger partial charge < -0.3 is 20.5 Å². The smallest absolute Gasteiger partial charge is 0.142 e. The molecule has 0 unspecified atom stereocenters. The second kappa shape index (κ2) is 8.87. The molecule has 1 heterocycles. The van der Waals surface area contributed by atoms with Gasteiger partial charge in [-0.05, 0) is 37.6 Å². The van der Waals surface area contributed by atoms with Crippen LogP contribution in [0.5, 0.6) is 5.75 Å². The van der Waals surface area contributed by atoms with Crippen LogP contribution in [0.15, 0.2) is 18.2 Å². The second-order valence-electron chi connectivity index (χ2n) is 5.26. The highest BCUT2D eigenvalue weighted by Crippen LogP contribution is 2.22. The third-order valence-electron chi connectivity index (χ3n) is 3.67. The van der Waals surface area contributed by atoms with Crippen LogP contribution in [0.2, 0.25) is 0 Å². The first kappa shape index (κ1) is 16.1. The molecule has 5 heteroatoms. The number of anilines is 1. The molecule has 0 radical (unpaired) electrons. The third kappa shape index (κ3) is 5.53. The molecule has 1 aliphatic rings. The number of nitrogens with zero attached hydrogens (tertiary/aromatic N) is 1. The van der Waals surface area contributed by atoms with Crippen LogP contribution < -0.4 is 15.8 Å². The molecule has 0 aromatic heterocycles. The van der Waals surface area contributed by atoms with E-state index in [9.17, 15) is 0 Å². The first-order valence-electron chi connectivity index (χ1n) is 7.81. The normalized spacial score (nSPS) is 16.0. The average molecular weight is 293 g/mol. The summed E-state index contributed by atoms with van der Waals surface area (Å²) >= 11 is 0. The molecule has 0 spiro atoms. The number of rotatable bonds is 8. The van der Waals surface area contributed by atoms with Crippen molar-refractivity contribution in [2.24, 2.45) is 0 Å². The summed E-state index contributed by atoms with van der Waals surface area (Å²) in [6.07, 6.45) is 0.986. The van der Waals surface area contributed by atoms with Gasteiger partial charge in [-0.3, -0.25) is 4.90 Å². The number of benzene rings is 1. The van der Waals surface area contributed by atoms with Crippen molar-refractivity contribution >= 4 is 5.69 Å². The molecule has 2 rings (SSSR count). The van der Waals surface area contributed by atoms with E-state index in [1.807, 2.05) is 19.1 Å².